The number of rotatable bonds is 8. The van der Waals surface area contributed by atoms with Gasteiger partial charge in [-0.25, -0.2) is 4.98 Å². The van der Waals surface area contributed by atoms with E-state index in [1.54, 1.807) is 0 Å². The van der Waals surface area contributed by atoms with Gasteiger partial charge in [0.1, 0.15) is 5.52 Å². The van der Waals surface area contributed by atoms with E-state index in [0.717, 1.165) is 44.9 Å². The van der Waals surface area contributed by atoms with Gasteiger partial charge < -0.3 is 9.32 Å². The summed E-state index contributed by atoms with van der Waals surface area (Å²) in [5, 5.41) is 10.2. The Morgan fingerprint density at radius 3 is 1.16 bits per heavy atom. The van der Waals surface area contributed by atoms with Gasteiger partial charge in [-0.05, 0) is 160 Å². The molecule has 0 aliphatic heterocycles. The zero-order valence-corrected chi connectivity index (χ0v) is 37.1. The van der Waals surface area contributed by atoms with Crippen LogP contribution in [0.3, 0.4) is 0 Å². The summed E-state index contributed by atoms with van der Waals surface area (Å²) in [5.41, 5.74) is 15.2. The van der Waals surface area contributed by atoms with Crippen molar-refractivity contribution in [3.63, 3.8) is 0 Å². The lowest BCUT2D eigenvalue weighted by Crippen LogP contribution is -2.09. The summed E-state index contributed by atoms with van der Waals surface area (Å²) in [4.78, 5) is 7.07. The van der Waals surface area contributed by atoms with Crippen LogP contribution in [0.15, 0.2) is 259 Å². The van der Waals surface area contributed by atoms with Crippen LogP contribution < -0.4 is 4.90 Å². The highest BCUT2D eigenvalue weighted by molar-refractivity contribution is 6.25. The maximum Gasteiger partial charge on any atom is 0.227 e. The highest BCUT2D eigenvalue weighted by Gasteiger charge is 2.16. The van der Waals surface area contributed by atoms with Crippen molar-refractivity contribution in [2.75, 3.05) is 4.90 Å². The lowest BCUT2D eigenvalue weighted by atomic mass is 9.92. The van der Waals surface area contributed by atoms with E-state index in [1.165, 1.54) is 76.5 Å². The molecule has 0 saturated heterocycles. The molecule has 0 saturated carbocycles. The summed E-state index contributed by atoms with van der Waals surface area (Å²) < 4.78 is 6.14. The smallest absolute Gasteiger partial charge is 0.227 e. The highest BCUT2D eigenvalue weighted by Crippen LogP contribution is 2.40. The quantitative estimate of drug-likeness (QED) is 0.143. The number of nitrogens with zero attached hydrogens (tertiary/aromatic N) is 2. The Morgan fingerprint density at radius 1 is 0.265 bits per heavy atom. The molecule has 0 radical (unpaired) electrons. The number of oxazole rings is 1. The minimum absolute atomic E-state index is 0.610. The molecule has 0 N–H and O–H groups in total. The van der Waals surface area contributed by atoms with E-state index in [9.17, 15) is 0 Å². The molecular formula is C65H42N2O. The third-order valence-electron chi connectivity index (χ3n) is 13.5. The first-order valence-electron chi connectivity index (χ1n) is 23.2. The Balaban J connectivity index is 0.807. The summed E-state index contributed by atoms with van der Waals surface area (Å²) in [5.74, 6) is 0.610. The Hall–Kier alpha value is -9.05. The molecule has 12 aromatic carbocycles. The van der Waals surface area contributed by atoms with Crippen LogP contribution in [-0.2, 0) is 0 Å². The molecule has 0 amide bonds. The van der Waals surface area contributed by atoms with Crippen LogP contribution >= 0.6 is 0 Å². The van der Waals surface area contributed by atoms with Crippen LogP contribution in [0.1, 0.15) is 0 Å². The maximum atomic E-state index is 6.14. The van der Waals surface area contributed by atoms with Crippen LogP contribution in [0.2, 0.25) is 0 Å². The van der Waals surface area contributed by atoms with Crippen molar-refractivity contribution in [1.29, 1.82) is 0 Å². The molecule has 1 heterocycles. The molecule has 68 heavy (non-hydrogen) atoms. The Morgan fingerprint density at radius 2 is 0.632 bits per heavy atom. The Kier molecular flexibility index (Phi) is 9.50. The fourth-order valence-electron chi connectivity index (χ4n) is 9.97. The van der Waals surface area contributed by atoms with Crippen LogP contribution in [-0.4, -0.2) is 4.98 Å². The maximum absolute atomic E-state index is 6.14. The van der Waals surface area contributed by atoms with E-state index in [1.807, 2.05) is 24.3 Å². The van der Waals surface area contributed by atoms with Crippen molar-refractivity contribution in [3.8, 4) is 56.0 Å². The van der Waals surface area contributed by atoms with Gasteiger partial charge in [-0.1, -0.05) is 182 Å². The molecule has 13 rings (SSSR count). The fourth-order valence-corrected chi connectivity index (χ4v) is 9.97. The summed E-state index contributed by atoms with van der Waals surface area (Å²) in [6, 6.07) is 91.6. The summed E-state index contributed by atoms with van der Waals surface area (Å²) in [7, 11) is 0. The third kappa shape index (κ3) is 7.06. The molecule has 318 valence electrons. The molecule has 0 bridgehead atoms. The first-order chi connectivity index (χ1) is 33.7. The highest BCUT2D eigenvalue weighted by atomic mass is 16.3. The van der Waals surface area contributed by atoms with E-state index in [2.05, 4.69) is 235 Å². The minimum Gasteiger partial charge on any atom is -0.436 e. The number of para-hydroxylation sites is 2. The number of anilines is 3. The molecule has 0 atom stereocenters. The number of aromatic nitrogens is 1. The van der Waals surface area contributed by atoms with Gasteiger partial charge in [-0.3, -0.25) is 0 Å². The number of hydrogen-bond acceptors (Lipinski definition) is 3. The molecule has 3 heteroatoms. The van der Waals surface area contributed by atoms with E-state index in [0.29, 0.717) is 5.89 Å². The van der Waals surface area contributed by atoms with Crippen molar-refractivity contribution in [1.82, 2.24) is 4.98 Å². The van der Waals surface area contributed by atoms with Gasteiger partial charge in [0.2, 0.25) is 5.89 Å². The van der Waals surface area contributed by atoms with Crippen LogP contribution in [0, 0.1) is 0 Å². The van der Waals surface area contributed by atoms with Crippen molar-refractivity contribution >= 4 is 71.3 Å². The van der Waals surface area contributed by atoms with Crippen LogP contribution in [0.25, 0.3) is 110 Å². The topological polar surface area (TPSA) is 29.3 Å². The average Bonchev–Trinajstić information content (AvgIpc) is 3.86. The molecule has 13 aromatic rings. The van der Waals surface area contributed by atoms with Gasteiger partial charge in [0.15, 0.2) is 5.58 Å². The van der Waals surface area contributed by atoms with Crippen molar-refractivity contribution < 1.29 is 4.42 Å². The molecule has 0 unspecified atom stereocenters. The molecular weight excluding hydrogens is 825 g/mol. The number of fused-ring (bicyclic) bond motifs is 8. The van der Waals surface area contributed by atoms with E-state index >= 15 is 0 Å². The predicted octanol–water partition coefficient (Wildman–Crippen LogP) is 18.2. The van der Waals surface area contributed by atoms with Crippen molar-refractivity contribution in [3.05, 3.63) is 255 Å². The van der Waals surface area contributed by atoms with E-state index < -0.39 is 0 Å². The normalized spacial score (nSPS) is 11.5. The first kappa shape index (κ1) is 39.3. The van der Waals surface area contributed by atoms with Gasteiger partial charge in [0, 0.05) is 22.6 Å². The van der Waals surface area contributed by atoms with Crippen LogP contribution in [0.4, 0.5) is 17.1 Å². The second-order valence-electron chi connectivity index (χ2n) is 17.5. The SMILES string of the molecule is c1ccc2cc(-c3ccc(-c4ccc(N(c5ccc(-c6ccc(-c7ccc8c9ccccc9c9ccccc9c8c7)cc6)cc5)c5ccc(-c6nc7ccccc7o6)cc5)cc4)cc3)ccc2c1. The molecule has 1 aromatic heterocycles. The standard InChI is InChI=1S/C65H42N2O/c1-2-10-51-41-52(26-25-43(51)9-1)48-21-17-44(18-22-48)46-27-34-54(35-28-46)67(56-38-31-50(32-39-56)65-66-63-15-7-8-16-64(63)68-65)55-36-29-47(30-37-55)45-19-23-49(24-20-45)53-33-40-61-59-13-4-3-11-57(59)58-12-5-6-14-60(58)62(61)42-53/h1-42H. The van der Waals surface area contributed by atoms with Gasteiger partial charge >= 0.3 is 0 Å². The molecule has 0 fully saturated rings. The molecule has 0 aliphatic rings. The van der Waals surface area contributed by atoms with E-state index in [4.69, 9.17) is 9.40 Å². The van der Waals surface area contributed by atoms with Crippen LogP contribution in [0.5, 0.6) is 0 Å². The molecule has 0 aliphatic carbocycles. The van der Waals surface area contributed by atoms with Gasteiger partial charge in [-0.2, -0.15) is 0 Å². The Bertz CT molecular complexity index is 3910. The second kappa shape index (κ2) is 16.4. The summed E-state index contributed by atoms with van der Waals surface area (Å²) >= 11 is 0. The lowest BCUT2D eigenvalue weighted by Gasteiger charge is -2.26. The number of benzene rings is 12. The largest absolute Gasteiger partial charge is 0.436 e. The fraction of sp³-hybridized carbons (Fsp3) is 0. The van der Waals surface area contributed by atoms with Crippen molar-refractivity contribution in [2.45, 2.75) is 0 Å². The predicted molar refractivity (Wildman–Crippen MR) is 286 cm³/mol. The summed E-state index contributed by atoms with van der Waals surface area (Å²) in [6.07, 6.45) is 0. The van der Waals surface area contributed by atoms with Gasteiger partial charge in [-0.15, -0.1) is 0 Å². The van der Waals surface area contributed by atoms with E-state index in [-0.39, 0.29) is 0 Å². The monoisotopic (exact) mass is 866 g/mol. The minimum atomic E-state index is 0.610. The zero-order chi connectivity index (χ0) is 45.0. The molecule has 3 nitrogen and oxygen atoms in total. The number of hydrogen-bond donors (Lipinski definition) is 0. The average molecular weight is 867 g/mol. The summed E-state index contributed by atoms with van der Waals surface area (Å²) in [6.45, 7) is 0. The third-order valence-corrected chi connectivity index (χ3v) is 13.5. The molecule has 0 spiro atoms. The Labute approximate surface area is 394 Å². The van der Waals surface area contributed by atoms with Crippen molar-refractivity contribution in [2.24, 2.45) is 0 Å². The first-order valence-corrected chi connectivity index (χ1v) is 23.2. The van der Waals surface area contributed by atoms with Gasteiger partial charge in [0.05, 0.1) is 0 Å². The lowest BCUT2D eigenvalue weighted by molar-refractivity contribution is 0.620. The zero-order valence-electron chi connectivity index (χ0n) is 37.1. The van der Waals surface area contributed by atoms with Gasteiger partial charge in [0.25, 0.3) is 0 Å². The second-order valence-corrected chi connectivity index (χ2v) is 17.5.